The van der Waals surface area contributed by atoms with E-state index in [1.165, 1.54) is 6.07 Å². The molecular formula is C16H23FN4O. The van der Waals surface area contributed by atoms with Gasteiger partial charge < -0.3 is 9.64 Å². The third-order valence-electron chi connectivity index (χ3n) is 3.33. The highest BCUT2D eigenvalue weighted by Gasteiger charge is 2.14. The molecule has 0 amide bonds. The Hall–Kier alpha value is -1.79. The van der Waals surface area contributed by atoms with E-state index < -0.39 is 0 Å². The summed E-state index contributed by atoms with van der Waals surface area (Å²) >= 11 is 0. The van der Waals surface area contributed by atoms with Gasteiger partial charge in [-0.2, -0.15) is 5.10 Å². The van der Waals surface area contributed by atoms with Crippen molar-refractivity contribution in [1.82, 2.24) is 19.7 Å². The Bertz CT molecular complexity index is 598. The van der Waals surface area contributed by atoms with E-state index in [0.717, 1.165) is 25.2 Å². The lowest BCUT2D eigenvalue weighted by Crippen LogP contribution is -2.14. The summed E-state index contributed by atoms with van der Waals surface area (Å²) in [5, 5.41) is 4.45. The van der Waals surface area contributed by atoms with Gasteiger partial charge in [0.25, 0.3) is 0 Å². The maximum atomic E-state index is 14.0. The Morgan fingerprint density at radius 3 is 2.68 bits per heavy atom. The Labute approximate surface area is 130 Å². The summed E-state index contributed by atoms with van der Waals surface area (Å²) in [5.74, 6) is 1.18. The molecule has 1 aromatic heterocycles. The largest absolute Gasteiger partial charge is 0.384 e. The second-order valence-electron chi connectivity index (χ2n) is 5.46. The zero-order valence-electron chi connectivity index (χ0n) is 13.4. The van der Waals surface area contributed by atoms with Crippen LogP contribution in [0.1, 0.15) is 18.1 Å². The molecule has 22 heavy (non-hydrogen) atoms. The molecule has 120 valence electrons. The van der Waals surface area contributed by atoms with Gasteiger partial charge in [-0.05, 0) is 39.2 Å². The molecule has 1 aromatic carbocycles. The number of methoxy groups -OCH3 is 1. The number of benzene rings is 1. The summed E-state index contributed by atoms with van der Waals surface area (Å²) < 4.78 is 20.7. The van der Waals surface area contributed by atoms with Crippen molar-refractivity contribution < 1.29 is 9.13 Å². The molecule has 0 aliphatic rings. The number of para-hydroxylation sites is 1. The van der Waals surface area contributed by atoms with E-state index >= 15 is 0 Å². The summed E-state index contributed by atoms with van der Waals surface area (Å²) in [6.07, 6.45) is 2.33. The molecule has 0 fully saturated rings. The van der Waals surface area contributed by atoms with Crippen molar-refractivity contribution >= 4 is 0 Å². The van der Waals surface area contributed by atoms with Gasteiger partial charge in [0.1, 0.15) is 17.3 Å². The van der Waals surface area contributed by atoms with Crippen LogP contribution in [0.15, 0.2) is 24.3 Å². The molecule has 0 radical (unpaired) electrons. The molecule has 1 heterocycles. The first kappa shape index (κ1) is 16.6. The van der Waals surface area contributed by atoms with E-state index in [9.17, 15) is 4.39 Å². The van der Waals surface area contributed by atoms with Gasteiger partial charge in [0.05, 0.1) is 6.61 Å². The number of hydrogen-bond donors (Lipinski definition) is 0. The highest BCUT2D eigenvalue weighted by Crippen LogP contribution is 2.15. The Morgan fingerprint density at radius 1 is 1.23 bits per heavy atom. The van der Waals surface area contributed by atoms with Crippen molar-refractivity contribution in [2.75, 3.05) is 34.4 Å². The molecule has 6 heteroatoms. The zero-order valence-corrected chi connectivity index (χ0v) is 13.4. The lowest BCUT2D eigenvalue weighted by Gasteiger charge is -2.10. The number of nitrogens with zero attached hydrogens (tertiary/aromatic N) is 4. The van der Waals surface area contributed by atoms with Gasteiger partial charge in [-0.3, -0.25) is 0 Å². The van der Waals surface area contributed by atoms with Gasteiger partial charge in [0.15, 0.2) is 5.82 Å². The molecule has 0 N–H and O–H groups in total. The summed E-state index contributed by atoms with van der Waals surface area (Å²) in [5.41, 5.74) is 0.443. The van der Waals surface area contributed by atoms with Gasteiger partial charge in [0.2, 0.25) is 0 Å². The van der Waals surface area contributed by atoms with Crippen LogP contribution in [-0.2, 0) is 17.6 Å². The van der Waals surface area contributed by atoms with Crippen molar-refractivity contribution in [3.8, 4) is 5.69 Å². The van der Waals surface area contributed by atoms with Crippen LogP contribution in [0.5, 0.6) is 0 Å². The average molecular weight is 306 g/mol. The quantitative estimate of drug-likeness (QED) is 0.749. The molecule has 0 unspecified atom stereocenters. The van der Waals surface area contributed by atoms with Gasteiger partial charge in [-0.1, -0.05) is 12.1 Å². The van der Waals surface area contributed by atoms with Crippen molar-refractivity contribution in [2.24, 2.45) is 0 Å². The minimum absolute atomic E-state index is 0.292. The summed E-state index contributed by atoms with van der Waals surface area (Å²) in [7, 11) is 5.71. The van der Waals surface area contributed by atoms with Crippen LogP contribution in [0, 0.1) is 5.82 Å². The number of rotatable bonds is 8. The minimum atomic E-state index is -0.292. The predicted molar refractivity (Wildman–Crippen MR) is 83.8 cm³/mol. The molecule has 0 bridgehead atoms. The van der Waals surface area contributed by atoms with E-state index in [1.54, 1.807) is 30.0 Å². The highest BCUT2D eigenvalue weighted by atomic mass is 19.1. The average Bonchev–Trinajstić information content (AvgIpc) is 2.88. The maximum absolute atomic E-state index is 14.0. The molecule has 0 saturated carbocycles. The number of halogens is 1. The molecular weight excluding hydrogens is 283 g/mol. The van der Waals surface area contributed by atoms with Gasteiger partial charge in [-0.15, -0.1) is 0 Å². The van der Waals surface area contributed by atoms with Crippen LogP contribution in [-0.4, -0.2) is 54.0 Å². The number of ether oxygens (including phenoxy) is 1. The van der Waals surface area contributed by atoms with Crippen LogP contribution >= 0.6 is 0 Å². The van der Waals surface area contributed by atoms with Crippen LogP contribution in [0.4, 0.5) is 4.39 Å². The number of aryl methyl sites for hydroxylation is 1. The van der Waals surface area contributed by atoms with Gasteiger partial charge in [0, 0.05) is 20.0 Å². The summed E-state index contributed by atoms with van der Waals surface area (Å²) in [6.45, 7) is 1.51. The SMILES string of the molecule is COCCc1nc(CCCN(C)C)n(-c2ccccc2F)n1. The summed E-state index contributed by atoms with van der Waals surface area (Å²) in [6, 6.07) is 6.64. The molecule has 0 aliphatic carbocycles. The Morgan fingerprint density at radius 2 is 2.00 bits per heavy atom. The van der Waals surface area contributed by atoms with Crippen molar-refractivity contribution in [2.45, 2.75) is 19.3 Å². The predicted octanol–water partition coefficient (Wildman–Crippen LogP) is 2.09. The fourth-order valence-electron chi connectivity index (χ4n) is 2.22. The molecule has 5 nitrogen and oxygen atoms in total. The fraction of sp³-hybridized carbons (Fsp3) is 0.500. The van der Waals surface area contributed by atoms with Crippen LogP contribution in [0.3, 0.4) is 0 Å². The van der Waals surface area contributed by atoms with Crippen molar-refractivity contribution in [3.05, 3.63) is 41.7 Å². The first-order chi connectivity index (χ1) is 10.6. The third-order valence-corrected chi connectivity index (χ3v) is 3.33. The molecule has 0 aliphatic heterocycles. The standard InChI is InChI=1S/C16H23FN4O/c1-20(2)11-6-9-16-18-15(10-12-22-3)19-21(16)14-8-5-4-7-13(14)17/h4-5,7-8H,6,9-12H2,1-3H3. The van der Waals surface area contributed by atoms with Gasteiger partial charge >= 0.3 is 0 Å². The highest BCUT2D eigenvalue weighted by molar-refractivity contribution is 5.33. The molecule has 2 aromatic rings. The van der Waals surface area contributed by atoms with E-state index in [-0.39, 0.29) is 5.82 Å². The van der Waals surface area contributed by atoms with E-state index in [4.69, 9.17) is 4.74 Å². The number of aromatic nitrogens is 3. The van der Waals surface area contributed by atoms with E-state index in [1.807, 2.05) is 14.1 Å². The van der Waals surface area contributed by atoms with Crippen LogP contribution in [0.25, 0.3) is 5.69 Å². The van der Waals surface area contributed by atoms with E-state index in [2.05, 4.69) is 15.0 Å². The normalized spacial score (nSPS) is 11.3. The first-order valence-corrected chi connectivity index (χ1v) is 7.45. The lowest BCUT2D eigenvalue weighted by molar-refractivity contribution is 0.200. The smallest absolute Gasteiger partial charge is 0.153 e. The Balaban J connectivity index is 2.25. The van der Waals surface area contributed by atoms with Crippen LogP contribution < -0.4 is 0 Å². The minimum Gasteiger partial charge on any atom is -0.384 e. The monoisotopic (exact) mass is 306 g/mol. The van der Waals surface area contributed by atoms with E-state index in [0.29, 0.717) is 24.5 Å². The molecule has 0 spiro atoms. The molecule has 0 atom stereocenters. The van der Waals surface area contributed by atoms with Crippen LogP contribution in [0.2, 0.25) is 0 Å². The molecule has 2 rings (SSSR count). The second-order valence-corrected chi connectivity index (χ2v) is 5.46. The molecule has 0 saturated heterocycles. The third kappa shape index (κ3) is 4.35. The summed E-state index contributed by atoms with van der Waals surface area (Å²) in [4.78, 5) is 6.67. The second kappa shape index (κ2) is 8.00. The Kier molecular flexibility index (Phi) is 6.03. The topological polar surface area (TPSA) is 43.2 Å². The zero-order chi connectivity index (χ0) is 15.9. The van der Waals surface area contributed by atoms with Gasteiger partial charge in [-0.25, -0.2) is 14.1 Å². The van der Waals surface area contributed by atoms with Crippen molar-refractivity contribution in [1.29, 1.82) is 0 Å². The number of hydrogen-bond acceptors (Lipinski definition) is 4. The fourth-order valence-corrected chi connectivity index (χ4v) is 2.22. The lowest BCUT2D eigenvalue weighted by atomic mass is 10.2. The van der Waals surface area contributed by atoms with Crippen molar-refractivity contribution in [3.63, 3.8) is 0 Å². The maximum Gasteiger partial charge on any atom is 0.153 e. The first-order valence-electron chi connectivity index (χ1n) is 7.45.